The zero-order valence-electron chi connectivity index (χ0n) is 9.78. The van der Waals surface area contributed by atoms with E-state index in [-0.39, 0.29) is 11.8 Å². The minimum Gasteiger partial charge on any atom is -0.439 e. The summed E-state index contributed by atoms with van der Waals surface area (Å²) in [6.45, 7) is 0. The predicted octanol–water partition coefficient (Wildman–Crippen LogP) is 3.18. The van der Waals surface area contributed by atoms with Crippen molar-refractivity contribution < 1.29 is 17.9 Å². The normalized spacial score (nSPS) is 11.2. The van der Waals surface area contributed by atoms with Gasteiger partial charge in [0.2, 0.25) is 11.8 Å². The summed E-state index contributed by atoms with van der Waals surface area (Å²) in [6.07, 6.45) is -4.61. The number of nitrogen functional groups attached to an aromatic ring is 1. The summed E-state index contributed by atoms with van der Waals surface area (Å²) in [5.74, 6) is 4.79. The van der Waals surface area contributed by atoms with Crippen LogP contribution in [-0.2, 0) is 6.18 Å². The molecular weight excluding hydrogens is 388 g/mol. The Morgan fingerprint density at radius 1 is 1.20 bits per heavy atom. The molecule has 3 N–H and O–H groups in total. The number of nitrogens with two attached hydrogens (primary N) is 1. The first kappa shape index (κ1) is 14.8. The van der Waals surface area contributed by atoms with E-state index in [1.807, 2.05) is 11.5 Å². The lowest BCUT2D eigenvalue weighted by Gasteiger charge is -2.10. The number of hydrogen-bond acceptors (Lipinski definition) is 5. The fourth-order valence-corrected chi connectivity index (χ4v) is 1.85. The van der Waals surface area contributed by atoms with E-state index in [0.29, 0.717) is 11.8 Å². The van der Waals surface area contributed by atoms with Gasteiger partial charge in [0.05, 0.1) is 0 Å². The van der Waals surface area contributed by atoms with Crippen molar-refractivity contribution >= 4 is 28.5 Å². The number of rotatable bonds is 3. The van der Waals surface area contributed by atoms with Gasteiger partial charge in [-0.3, -0.25) is 5.43 Å². The van der Waals surface area contributed by atoms with Gasteiger partial charge in [0.15, 0.2) is 5.69 Å². The first-order valence-electron chi connectivity index (χ1n) is 5.25. The molecule has 0 fully saturated rings. The molecule has 1 heterocycles. The van der Waals surface area contributed by atoms with Crippen LogP contribution in [0.3, 0.4) is 0 Å². The molecule has 9 heteroatoms. The van der Waals surface area contributed by atoms with Gasteiger partial charge in [-0.25, -0.2) is 10.8 Å². The first-order valence-corrected chi connectivity index (χ1v) is 6.32. The van der Waals surface area contributed by atoms with Crippen LogP contribution in [0, 0.1) is 3.57 Å². The van der Waals surface area contributed by atoms with Gasteiger partial charge in [-0.2, -0.15) is 18.2 Å². The second-order valence-corrected chi connectivity index (χ2v) is 4.86. The van der Waals surface area contributed by atoms with E-state index in [9.17, 15) is 13.2 Å². The van der Waals surface area contributed by atoms with Gasteiger partial charge in [-0.05, 0) is 40.8 Å². The Kier molecular flexibility index (Phi) is 4.28. The van der Waals surface area contributed by atoms with Crippen LogP contribution in [0.5, 0.6) is 11.6 Å². The fraction of sp³-hybridized carbons (Fsp3) is 0.0909. The van der Waals surface area contributed by atoms with E-state index in [0.717, 1.165) is 3.57 Å². The zero-order valence-corrected chi connectivity index (χ0v) is 11.9. The third kappa shape index (κ3) is 3.70. The zero-order chi connectivity index (χ0) is 14.8. The molecule has 0 radical (unpaired) electrons. The molecule has 0 unspecified atom stereocenters. The minimum atomic E-state index is -4.61. The van der Waals surface area contributed by atoms with Crippen molar-refractivity contribution in [3.05, 3.63) is 39.6 Å². The average Bonchev–Trinajstić information content (AvgIpc) is 2.37. The van der Waals surface area contributed by atoms with E-state index < -0.39 is 11.9 Å². The molecule has 0 aliphatic carbocycles. The number of benzene rings is 1. The van der Waals surface area contributed by atoms with Crippen molar-refractivity contribution in [3.8, 4) is 11.6 Å². The molecule has 1 aromatic heterocycles. The van der Waals surface area contributed by atoms with Crippen molar-refractivity contribution in [1.29, 1.82) is 0 Å². The Hall–Kier alpha value is -1.62. The van der Waals surface area contributed by atoms with E-state index in [1.165, 1.54) is 0 Å². The third-order valence-corrected chi connectivity index (χ3v) is 2.81. The van der Waals surface area contributed by atoms with E-state index in [1.54, 1.807) is 18.2 Å². The smallest absolute Gasteiger partial charge is 0.433 e. The number of ether oxygens (including phenoxy) is 1. The van der Waals surface area contributed by atoms with Gasteiger partial charge < -0.3 is 4.74 Å². The molecule has 106 valence electrons. The number of halogens is 4. The Morgan fingerprint density at radius 3 is 2.55 bits per heavy atom. The molecule has 1 aromatic carbocycles. The van der Waals surface area contributed by atoms with Crippen LogP contribution in [0.25, 0.3) is 0 Å². The number of anilines is 1. The van der Waals surface area contributed by atoms with Gasteiger partial charge in [0, 0.05) is 9.64 Å². The summed E-state index contributed by atoms with van der Waals surface area (Å²) in [6, 6.07) is 7.51. The fourth-order valence-electron chi connectivity index (χ4n) is 1.34. The summed E-state index contributed by atoms with van der Waals surface area (Å²) in [5.41, 5.74) is 0.835. The second kappa shape index (κ2) is 5.79. The molecule has 2 rings (SSSR count). The molecule has 0 bridgehead atoms. The molecule has 0 aliphatic rings. The Balaban J connectivity index is 2.36. The standard InChI is InChI=1S/C11H8F3IN4O/c12-11(13,14)8-5-9(18-10(17-8)19-16)20-7-3-1-2-6(15)4-7/h1-5H,16H2,(H,17,18,19). The Bertz CT molecular complexity index is 621. The topological polar surface area (TPSA) is 73.1 Å². The first-order chi connectivity index (χ1) is 9.38. The number of hydrazine groups is 1. The van der Waals surface area contributed by atoms with Crippen LogP contribution in [0.2, 0.25) is 0 Å². The monoisotopic (exact) mass is 396 g/mol. The van der Waals surface area contributed by atoms with Crippen molar-refractivity contribution in [2.75, 3.05) is 5.43 Å². The van der Waals surface area contributed by atoms with Crippen molar-refractivity contribution in [2.24, 2.45) is 5.84 Å². The summed E-state index contributed by atoms with van der Waals surface area (Å²) in [7, 11) is 0. The number of hydrogen-bond donors (Lipinski definition) is 2. The summed E-state index contributed by atoms with van der Waals surface area (Å²) in [4.78, 5) is 6.95. The highest BCUT2D eigenvalue weighted by Gasteiger charge is 2.34. The van der Waals surface area contributed by atoms with Gasteiger partial charge in [0.25, 0.3) is 0 Å². The van der Waals surface area contributed by atoms with Gasteiger partial charge in [-0.1, -0.05) is 6.07 Å². The summed E-state index contributed by atoms with van der Waals surface area (Å²) < 4.78 is 44.2. The van der Waals surface area contributed by atoms with Gasteiger partial charge >= 0.3 is 6.18 Å². The molecule has 5 nitrogen and oxygen atoms in total. The Morgan fingerprint density at radius 2 is 1.95 bits per heavy atom. The molecule has 0 atom stereocenters. The van der Waals surface area contributed by atoms with Crippen LogP contribution < -0.4 is 16.0 Å². The summed E-state index contributed by atoms with van der Waals surface area (Å²) >= 11 is 2.06. The maximum absolute atomic E-state index is 12.7. The quantitative estimate of drug-likeness (QED) is 0.474. The molecule has 0 spiro atoms. The molecule has 2 aromatic rings. The molecule has 0 aliphatic heterocycles. The van der Waals surface area contributed by atoms with Gasteiger partial charge in [0.1, 0.15) is 5.75 Å². The van der Waals surface area contributed by atoms with E-state index in [4.69, 9.17) is 10.6 Å². The molecule has 0 saturated heterocycles. The number of nitrogens with zero attached hydrogens (tertiary/aromatic N) is 2. The van der Waals surface area contributed by atoms with Crippen molar-refractivity contribution in [3.63, 3.8) is 0 Å². The Labute approximate surface area is 125 Å². The molecular formula is C11H8F3IN4O. The van der Waals surface area contributed by atoms with Crippen LogP contribution in [-0.4, -0.2) is 9.97 Å². The van der Waals surface area contributed by atoms with Crippen LogP contribution in [0.4, 0.5) is 19.1 Å². The maximum Gasteiger partial charge on any atom is 0.433 e. The number of alkyl halides is 3. The van der Waals surface area contributed by atoms with Crippen LogP contribution >= 0.6 is 22.6 Å². The van der Waals surface area contributed by atoms with E-state index in [2.05, 4.69) is 32.6 Å². The SMILES string of the molecule is NNc1nc(Oc2cccc(I)c2)cc(C(F)(F)F)n1. The largest absolute Gasteiger partial charge is 0.439 e. The molecule has 0 amide bonds. The van der Waals surface area contributed by atoms with E-state index >= 15 is 0 Å². The molecule has 20 heavy (non-hydrogen) atoms. The van der Waals surface area contributed by atoms with Gasteiger partial charge in [-0.15, -0.1) is 0 Å². The van der Waals surface area contributed by atoms with Crippen molar-refractivity contribution in [2.45, 2.75) is 6.18 Å². The van der Waals surface area contributed by atoms with Crippen LogP contribution in [0.15, 0.2) is 30.3 Å². The molecule has 0 saturated carbocycles. The lowest BCUT2D eigenvalue weighted by atomic mass is 10.3. The lowest BCUT2D eigenvalue weighted by molar-refractivity contribution is -0.141. The lowest BCUT2D eigenvalue weighted by Crippen LogP contribution is -2.15. The van der Waals surface area contributed by atoms with Crippen molar-refractivity contribution in [1.82, 2.24) is 9.97 Å². The third-order valence-electron chi connectivity index (χ3n) is 2.14. The van der Waals surface area contributed by atoms with Crippen LogP contribution in [0.1, 0.15) is 5.69 Å². The number of aromatic nitrogens is 2. The predicted molar refractivity (Wildman–Crippen MR) is 74.1 cm³/mol. The highest BCUT2D eigenvalue weighted by molar-refractivity contribution is 14.1. The second-order valence-electron chi connectivity index (χ2n) is 3.62. The minimum absolute atomic E-state index is 0.248. The highest BCUT2D eigenvalue weighted by Crippen LogP contribution is 2.31. The maximum atomic E-state index is 12.7. The highest BCUT2D eigenvalue weighted by atomic mass is 127. The average molecular weight is 396 g/mol. The summed E-state index contributed by atoms with van der Waals surface area (Å²) in [5, 5.41) is 0. The number of nitrogens with one attached hydrogen (secondary N) is 1.